The second-order valence-electron chi connectivity index (χ2n) is 9.27. The number of halogens is 2. The molecule has 0 aromatic heterocycles. The second-order valence-corrected chi connectivity index (χ2v) is 11.6. The van der Waals surface area contributed by atoms with E-state index in [1.54, 1.807) is 54.6 Å². The van der Waals surface area contributed by atoms with Crippen molar-refractivity contribution in [1.29, 1.82) is 0 Å². The van der Waals surface area contributed by atoms with E-state index in [0.29, 0.717) is 10.6 Å². The Morgan fingerprint density at radius 2 is 1.46 bits per heavy atom. The van der Waals surface area contributed by atoms with Gasteiger partial charge in [-0.25, -0.2) is 12.8 Å². The van der Waals surface area contributed by atoms with Crippen LogP contribution in [-0.4, -0.2) is 44.8 Å². The summed E-state index contributed by atoms with van der Waals surface area (Å²) in [6.45, 7) is -0.601. The number of benzene rings is 4. The maximum Gasteiger partial charge on any atom is 0.264 e. The van der Waals surface area contributed by atoms with Gasteiger partial charge in [-0.05, 0) is 59.7 Å². The van der Waals surface area contributed by atoms with Crippen molar-refractivity contribution in [3.05, 3.63) is 131 Å². The zero-order valence-electron chi connectivity index (χ0n) is 22.3. The third-order valence-electron chi connectivity index (χ3n) is 6.48. The molecule has 0 heterocycles. The molecular formula is C31H29ClFN3O4S. The molecule has 10 heteroatoms. The quantitative estimate of drug-likeness (QED) is 0.263. The van der Waals surface area contributed by atoms with Gasteiger partial charge in [-0.1, -0.05) is 72.3 Å². The van der Waals surface area contributed by atoms with Crippen LogP contribution >= 0.6 is 11.6 Å². The number of carbonyl (C=O) groups is 2. The van der Waals surface area contributed by atoms with Crippen molar-refractivity contribution in [2.45, 2.75) is 23.9 Å². The molecule has 212 valence electrons. The highest BCUT2D eigenvalue weighted by molar-refractivity contribution is 7.92. The van der Waals surface area contributed by atoms with E-state index in [9.17, 15) is 22.4 Å². The number of rotatable bonds is 11. The number of sulfonamides is 1. The molecule has 0 aliphatic carbocycles. The van der Waals surface area contributed by atoms with Crippen molar-refractivity contribution in [2.75, 3.05) is 17.9 Å². The fraction of sp³-hybridized carbons (Fsp3) is 0.161. The molecule has 4 rings (SSSR count). The number of para-hydroxylation sites is 1. The van der Waals surface area contributed by atoms with Crippen LogP contribution in [0.2, 0.25) is 5.02 Å². The standard InChI is InChI=1S/C31H29ClFN3O4S/c1-34-31(38)29(20-23-9-4-2-5-10-23)35(21-24-11-8-12-25(32)19-24)30(37)22-36(27-13-6-3-7-14-27)41(39,40)28-17-15-26(33)16-18-28/h2-19,29H,20-22H2,1H3,(H,34,38)/t29-/m1/s1. The number of nitrogens with zero attached hydrogens (tertiary/aromatic N) is 2. The predicted octanol–water partition coefficient (Wildman–Crippen LogP) is 5.06. The zero-order valence-corrected chi connectivity index (χ0v) is 23.9. The van der Waals surface area contributed by atoms with Crippen molar-refractivity contribution >= 4 is 39.1 Å². The molecule has 0 aliphatic rings. The Labute approximate surface area is 244 Å². The molecule has 1 N–H and O–H groups in total. The van der Waals surface area contributed by atoms with Crippen LogP contribution in [0.15, 0.2) is 114 Å². The molecule has 0 unspecified atom stereocenters. The molecule has 0 radical (unpaired) electrons. The molecule has 4 aromatic rings. The lowest BCUT2D eigenvalue weighted by molar-refractivity contribution is -0.139. The van der Waals surface area contributed by atoms with Gasteiger partial charge in [0.15, 0.2) is 0 Å². The third kappa shape index (κ3) is 7.50. The SMILES string of the molecule is CNC(=O)[C@@H](Cc1ccccc1)N(Cc1cccc(Cl)c1)C(=O)CN(c1ccccc1)S(=O)(=O)c1ccc(F)cc1. The second kappa shape index (κ2) is 13.4. The van der Waals surface area contributed by atoms with Gasteiger partial charge >= 0.3 is 0 Å². The minimum absolute atomic E-state index is 0.00351. The maximum atomic E-state index is 14.1. The van der Waals surface area contributed by atoms with Crippen LogP contribution in [0.25, 0.3) is 0 Å². The van der Waals surface area contributed by atoms with E-state index >= 15 is 0 Å². The number of hydrogen-bond acceptors (Lipinski definition) is 4. The largest absolute Gasteiger partial charge is 0.357 e. The molecule has 0 fully saturated rings. The van der Waals surface area contributed by atoms with Crippen molar-refractivity contribution in [2.24, 2.45) is 0 Å². The summed E-state index contributed by atoms with van der Waals surface area (Å²) >= 11 is 6.21. The molecular weight excluding hydrogens is 565 g/mol. The molecule has 0 aliphatic heterocycles. The van der Waals surface area contributed by atoms with E-state index in [4.69, 9.17) is 11.6 Å². The predicted molar refractivity (Wildman–Crippen MR) is 157 cm³/mol. The van der Waals surface area contributed by atoms with Crippen LogP contribution in [0.1, 0.15) is 11.1 Å². The van der Waals surface area contributed by atoms with Gasteiger partial charge < -0.3 is 10.2 Å². The molecule has 0 saturated heterocycles. The summed E-state index contributed by atoms with van der Waals surface area (Å²) in [5, 5.41) is 3.10. The molecule has 41 heavy (non-hydrogen) atoms. The van der Waals surface area contributed by atoms with Crippen molar-refractivity contribution < 1.29 is 22.4 Å². The molecule has 1 atom stereocenters. The Morgan fingerprint density at radius 1 is 0.854 bits per heavy atom. The zero-order chi connectivity index (χ0) is 29.4. The maximum absolute atomic E-state index is 14.1. The summed E-state index contributed by atoms with van der Waals surface area (Å²) in [6, 6.07) is 27.7. The Hall–Kier alpha value is -4.21. The summed E-state index contributed by atoms with van der Waals surface area (Å²) in [6.07, 6.45) is 0.197. The average molecular weight is 594 g/mol. The first-order valence-corrected chi connectivity index (χ1v) is 14.6. The fourth-order valence-corrected chi connectivity index (χ4v) is 6.04. The van der Waals surface area contributed by atoms with Crippen molar-refractivity contribution in [3.8, 4) is 0 Å². The summed E-state index contributed by atoms with van der Waals surface area (Å²) in [7, 11) is -2.81. The minimum Gasteiger partial charge on any atom is -0.357 e. The molecule has 2 amide bonds. The average Bonchev–Trinajstić information content (AvgIpc) is 2.98. The highest BCUT2D eigenvalue weighted by Crippen LogP contribution is 2.25. The molecule has 7 nitrogen and oxygen atoms in total. The molecule has 4 aromatic carbocycles. The lowest BCUT2D eigenvalue weighted by Gasteiger charge is -2.33. The van der Waals surface area contributed by atoms with Gasteiger partial charge in [0.1, 0.15) is 18.4 Å². The number of likely N-dealkylation sites (N-methyl/N-ethyl adjacent to an activating group) is 1. The van der Waals surface area contributed by atoms with Gasteiger partial charge in [-0.15, -0.1) is 0 Å². The Balaban J connectivity index is 1.77. The molecule has 0 bridgehead atoms. The smallest absolute Gasteiger partial charge is 0.264 e. The highest BCUT2D eigenvalue weighted by Gasteiger charge is 2.34. The number of anilines is 1. The first-order chi connectivity index (χ1) is 19.7. The van der Waals surface area contributed by atoms with Gasteiger partial charge in [0.05, 0.1) is 10.6 Å². The van der Waals surface area contributed by atoms with Crippen LogP contribution in [-0.2, 0) is 32.6 Å². The lowest BCUT2D eigenvalue weighted by Crippen LogP contribution is -2.53. The van der Waals surface area contributed by atoms with Crippen LogP contribution in [0, 0.1) is 5.82 Å². The van der Waals surface area contributed by atoms with Crippen LogP contribution in [0.5, 0.6) is 0 Å². The number of nitrogens with one attached hydrogen (secondary N) is 1. The Morgan fingerprint density at radius 3 is 2.07 bits per heavy atom. The first-order valence-electron chi connectivity index (χ1n) is 12.8. The lowest BCUT2D eigenvalue weighted by atomic mass is 10.0. The third-order valence-corrected chi connectivity index (χ3v) is 8.51. The number of hydrogen-bond donors (Lipinski definition) is 1. The van der Waals surface area contributed by atoms with Gasteiger partial charge in [0, 0.05) is 25.0 Å². The van der Waals surface area contributed by atoms with Crippen LogP contribution < -0.4 is 9.62 Å². The fourth-order valence-electron chi connectivity index (χ4n) is 4.41. The first kappa shape index (κ1) is 29.8. The normalized spacial score (nSPS) is 11.9. The summed E-state index contributed by atoms with van der Waals surface area (Å²) < 4.78 is 42.2. The van der Waals surface area contributed by atoms with Crippen molar-refractivity contribution in [1.82, 2.24) is 10.2 Å². The van der Waals surface area contributed by atoms with Gasteiger partial charge in [0.25, 0.3) is 10.0 Å². The van der Waals surface area contributed by atoms with Gasteiger partial charge in [-0.3, -0.25) is 13.9 Å². The van der Waals surface area contributed by atoms with Gasteiger partial charge in [-0.2, -0.15) is 0 Å². The summed E-state index contributed by atoms with van der Waals surface area (Å²) in [4.78, 5) is 28.6. The Bertz CT molecular complexity index is 1590. The summed E-state index contributed by atoms with van der Waals surface area (Å²) in [5.41, 5.74) is 1.73. The number of amides is 2. The molecule has 0 spiro atoms. The molecule has 0 saturated carbocycles. The van der Waals surface area contributed by atoms with Crippen LogP contribution in [0.3, 0.4) is 0 Å². The Kier molecular flexibility index (Phi) is 9.75. The monoisotopic (exact) mass is 593 g/mol. The number of carbonyl (C=O) groups excluding carboxylic acids is 2. The van der Waals surface area contributed by atoms with E-state index in [1.165, 1.54) is 11.9 Å². The van der Waals surface area contributed by atoms with Crippen molar-refractivity contribution in [3.63, 3.8) is 0 Å². The van der Waals surface area contributed by atoms with E-state index in [1.807, 2.05) is 30.3 Å². The minimum atomic E-state index is -4.29. The van der Waals surface area contributed by atoms with E-state index < -0.39 is 40.2 Å². The topological polar surface area (TPSA) is 86.8 Å². The van der Waals surface area contributed by atoms with Crippen LogP contribution in [0.4, 0.5) is 10.1 Å². The van der Waals surface area contributed by atoms with E-state index in [-0.39, 0.29) is 23.5 Å². The summed E-state index contributed by atoms with van der Waals surface area (Å²) in [5.74, 6) is -1.60. The van der Waals surface area contributed by atoms with E-state index in [0.717, 1.165) is 34.1 Å². The van der Waals surface area contributed by atoms with E-state index in [2.05, 4.69) is 5.32 Å². The highest BCUT2D eigenvalue weighted by atomic mass is 35.5. The van der Waals surface area contributed by atoms with Gasteiger partial charge in [0.2, 0.25) is 11.8 Å².